The topological polar surface area (TPSA) is 96.8 Å². The second-order valence-electron chi connectivity index (χ2n) is 6.59. The van der Waals surface area contributed by atoms with Crippen LogP contribution in [0.15, 0.2) is 47.4 Å². The van der Waals surface area contributed by atoms with Gasteiger partial charge in [0.1, 0.15) is 22.5 Å². The molecule has 1 unspecified atom stereocenters. The van der Waals surface area contributed by atoms with Crippen LogP contribution in [-0.4, -0.2) is 34.9 Å². The summed E-state index contributed by atoms with van der Waals surface area (Å²) in [6.07, 6.45) is 0. The number of rotatable bonds is 4. The number of aliphatic hydroxyl groups excluding tert-OH is 1. The molecule has 0 saturated carbocycles. The fourth-order valence-electron chi connectivity index (χ4n) is 3.28. The number of aliphatic hydroxyl groups is 1. The van der Waals surface area contributed by atoms with Crippen LogP contribution in [0.3, 0.4) is 0 Å². The Morgan fingerprint density at radius 1 is 1.23 bits per heavy atom. The van der Waals surface area contributed by atoms with Gasteiger partial charge in [-0.25, -0.2) is 14.2 Å². The minimum absolute atomic E-state index is 0.133. The third-order valence-electron chi connectivity index (χ3n) is 4.74. The number of ether oxygens (including phenoxy) is 1. The number of Topliss-reactive ketones (excluding diaryl/α,β-unsaturated/α-hetero) is 1. The lowest BCUT2D eigenvalue weighted by molar-refractivity contribution is -0.132. The summed E-state index contributed by atoms with van der Waals surface area (Å²) >= 11 is 2.22. The summed E-state index contributed by atoms with van der Waals surface area (Å²) < 4.78 is 18.1. The zero-order chi connectivity index (χ0) is 22.3. The molecule has 31 heavy (non-hydrogen) atoms. The summed E-state index contributed by atoms with van der Waals surface area (Å²) in [6, 6.07) is 7.50. The van der Waals surface area contributed by atoms with Crippen LogP contribution in [-0.2, 0) is 14.3 Å². The highest BCUT2D eigenvalue weighted by Crippen LogP contribution is 2.45. The van der Waals surface area contributed by atoms with Gasteiger partial charge in [-0.1, -0.05) is 17.4 Å². The van der Waals surface area contributed by atoms with E-state index < -0.39 is 35.3 Å². The number of nitrogens with zero attached hydrogens (tertiary/aromatic N) is 2. The maximum atomic E-state index is 13.3. The molecule has 1 saturated heterocycles. The summed E-state index contributed by atoms with van der Waals surface area (Å²) in [5.41, 5.74) is 0.426. The Balaban J connectivity index is 1.90. The first-order valence-electron chi connectivity index (χ1n) is 8.99. The standard InChI is InChI=1S/C21H15FN2O5S2/c1-10-18(20(28)29-2)31-21(23-10)24-15(13-4-3-9-30-13)14(17(26)19(24)27)16(25)11-5-7-12(22)8-6-11/h3-9,15,25H,1-2H3. The molecule has 1 aliphatic rings. The van der Waals surface area contributed by atoms with Gasteiger partial charge < -0.3 is 9.84 Å². The molecule has 0 bridgehead atoms. The average molecular weight is 458 g/mol. The van der Waals surface area contributed by atoms with Gasteiger partial charge in [0.15, 0.2) is 5.13 Å². The summed E-state index contributed by atoms with van der Waals surface area (Å²) in [7, 11) is 1.24. The van der Waals surface area contributed by atoms with Gasteiger partial charge in [-0.05, 0) is 42.6 Å². The minimum atomic E-state index is -0.943. The Labute approximate surface area is 184 Å². The third-order valence-corrected chi connectivity index (χ3v) is 6.80. The lowest BCUT2D eigenvalue weighted by atomic mass is 10.00. The fraction of sp³-hybridized carbons (Fsp3) is 0.143. The van der Waals surface area contributed by atoms with Crippen molar-refractivity contribution in [3.05, 3.63) is 74.2 Å². The van der Waals surface area contributed by atoms with Gasteiger partial charge in [-0.3, -0.25) is 14.5 Å². The summed E-state index contributed by atoms with van der Waals surface area (Å²) in [5, 5.41) is 12.8. The van der Waals surface area contributed by atoms with Crippen LogP contribution in [0.4, 0.5) is 9.52 Å². The first kappa shape index (κ1) is 20.9. The Kier molecular flexibility index (Phi) is 5.42. The average Bonchev–Trinajstić information content (AvgIpc) is 3.47. The maximum Gasteiger partial charge on any atom is 0.350 e. The normalized spacial score (nSPS) is 17.9. The summed E-state index contributed by atoms with van der Waals surface area (Å²) in [5.74, 6) is -3.29. The Hall–Kier alpha value is -3.37. The molecule has 1 aromatic carbocycles. The molecule has 3 heterocycles. The van der Waals surface area contributed by atoms with Crippen molar-refractivity contribution >= 4 is 51.2 Å². The third kappa shape index (κ3) is 3.53. The number of amides is 1. The van der Waals surface area contributed by atoms with Crippen molar-refractivity contribution in [2.75, 3.05) is 12.0 Å². The van der Waals surface area contributed by atoms with E-state index in [4.69, 9.17) is 4.74 Å². The molecule has 4 rings (SSSR count). The largest absolute Gasteiger partial charge is 0.507 e. The van der Waals surface area contributed by atoms with Crippen molar-refractivity contribution in [2.45, 2.75) is 13.0 Å². The lowest BCUT2D eigenvalue weighted by Gasteiger charge is -2.21. The molecule has 1 fully saturated rings. The number of thiophene rings is 1. The van der Waals surface area contributed by atoms with E-state index >= 15 is 0 Å². The minimum Gasteiger partial charge on any atom is -0.507 e. The van der Waals surface area contributed by atoms with Crippen LogP contribution in [0.25, 0.3) is 5.76 Å². The molecule has 1 N–H and O–H groups in total. The smallest absolute Gasteiger partial charge is 0.350 e. The second-order valence-corrected chi connectivity index (χ2v) is 8.55. The number of aromatic nitrogens is 1. The fourth-order valence-corrected chi connectivity index (χ4v) is 5.11. The van der Waals surface area contributed by atoms with Gasteiger partial charge in [-0.15, -0.1) is 11.3 Å². The molecule has 3 aromatic rings. The van der Waals surface area contributed by atoms with E-state index in [0.717, 1.165) is 23.5 Å². The molecule has 158 valence electrons. The van der Waals surface area contributed by atoms with Gasteiger partial charge in [0, 0.05) is 10.4 Å². The van der Waals surface area contributed by atoms with E-state index in [1.807, 2.05) is 0 Å². The quantitative estimate of drug-likeness (QED) is 0.274. The number of halogens is 1. The van der Waals surface area contributed by atoms with Crippen LogP contribution in [0.1, 0.15) is 31.8 Å². The molecule has 1 aliphatic heterocycles. The van der Waals surface area contributed by atoms with Crippen LogP contribution in [0.5, 0.6) is 0 Å². The number of aryl methyl sites for hydroxylation is 1. The highest BCUT2D eigenvalue weighted by molar-refractivity contribution is 7.18. The molecule has 1 amide bonds. The Morgan fingerprint density at radius 3 is 2.55 bits per heavy atom. The van der Waals surface area contributed by atoms with Crippen LogP contribution in [0, 0.1) is 12.7 Å². The Morgan fingerprint density at radius 2 is 1.94 bits per heavy atom. The van der Waals surface area contributed by atoms with Crippen molar-refractivity contribution in [3.8, 4) is 0 Å². The molecule has 10 heteroatoms. The van der Waals surface area contributed by atoms with E-state index in [-0.39, 0.29) is 21.1 Å². The molecule has 0 radical (unpaired) electrons. The van der Waals surface area contributed by atoms with Crippen LogP contribution >= 0.6 is 22.7 Å². The summed E-state index contributed by atoms with van der Waals surface area (Å²) in [4.78, 5) is 44.3. The number of thiazole rings is 1. The number of hydrogen-bond donors (Lipinski definition) is 1. The van der Waals surface area contributed by atoms with E-state index in [0.29, 0.717) is 10.6 Å². The molecule has 1 atom stereocenters. The number of ketones is 1. The number of carbonyl (C=O) groups excluding carboxylic acids is 3. The second kappa shape index (κ2) is 8.05. The first-order chi connectivity index (χ1) is 14.8. The van der Waals surface area contributed by atoms with Crippen molar-refractivity contribution in [1.29, 1.82) is 0 Å². The van der Waals surface area contributed by atoms with E-state index in [9.17, 15) is 23.9 Å². The predicted octanol–water partition coefficient (Wildman–Crippen LogP) is 4.07. The number of esters is 1. The van der Waals surface area contributed by atoms with Crippen molar-refractivity contribution in [3.63, 3.8) is 0 Å². The molecule has 0 aliphatic carbocycles. The first-order valence-corrected chi connectivity index (χ1v) is 10.7. The molecule has 0 spiro atoms. The van der Waals surface area contributed by atoms with Gasteiger partial charge in [0.05, 0.1) is 18.4 Å². The molecular formula is C21H15FN2O5S2. The summed E-state index contributed by atoms with van der Waals surface area (Å²) in [6.45, 7) is 1.60. The van der Waals surface area contributed by atoms with Gasteiger partial charge in [0.2, 0.25) is 0 Å². The van der Waals surface area contributed by atoms with Crippen LogP contribution < -0.4 is 4.90 Å². The molecule has 2 aromatic heterocycles. The zero-order valence-corrected chi connectivity index (χ0v) is 17.9. The van der Waals surface area contributed by atoms with Gasteiger partial charge in [-0.2, -0.15) is 0 Å². The predicted molar refractivity (Wildman–Crippen MR) is 114 cm³/mol. The highest BCUT2D eigenvalue weighted by Gasteiger charge is 2.48. The van der Waals surface area contributed by atoms with E-state index in [2.05, 4.69) is 4.98 Å². The highest BCUT2D eigenvalue weighted by atomic mass is 32.1. The van der Waals surface area contributed by atoms with Crippen molar-refractivity contribution in [2.24, 2.45) is 0 Å². The van der Waals surface area contributed by atoms with Crippen LogP contribution in [0.2, 0.25) is 0 Å². The number of benzene rings is 1. The zero-order valence-electron chi connectivity index (χ0n) is 16.3. The van der Waals surface area contributed by atoms with Crippen molar-refractivity contribution in [1.82, 2.24) is 4.98 Å². The van der Waals surface area contributed by atoms with E-state index in [1.54, 1.807) is 24.4 Å². The van der Waals surface area contributed by atoms with Gasteiger partial charge in [0.25, 0.3) is 5.78 Å². The Bertz CT molecular complexity index is 1220. The van der Waals surface area contributed by atoms with E-state index in [1.165, 1.54) is 35.5 Å². The lowest BCUT2D eigenvalue weighted by Crippen LogP contribution is -2.29. The number of methoxy groups -OCH3 is 1. The monoisotopic (exact) mass is 458 g/mol. The van der Waals surface area contributed by atoms with Crippen molar-refractivity contribution < 1.29 is 28.6 Å². The number of carbonyl (C=O) groups is 3. The molecular weight excluding hydrogens is 443 g/mol. The maximum absolute atomic E-state index is 13.3. The van der Waals surface area contributed by atoms with Gasteiger partial charge >= 0.3 is 11.9 Å². The SMILES string of the molecule is COC(=O)c1sc(N2C(=O)C(=O)C(=C(O)c3ccc(F)cc3)C2c2cccs2)nc1C. The number of hydrogen-bond acceptors (Lipinski definition) is 8. The molecule has 7 nitrogen and oxygen atoms in total. The number of anilines is 1.